The summed E-state index contributed by atoms with van der Waals surface area (Å²) in [4.78, 5) is 10.9. The highest BCUT2D eigenvalue weighted by Crippen LogP contribution is 2.52. The molecule has 0 amide bonds. The van der Waals surface area contributed by atoms with Crippen LogP contribution in [0.2, 0.25) is 0 Å². The minimum absolute atomic E-state index is 0.0464. The fourth-order valence-electron chi connectivity index (χ4n) is 4.08. The molecular weight excluding hydrogens is 332 g/mol. The van der Waals surface area contributed by atoms with E-state index in [0.29, 0.717) is 12.8 Å². The smallest absolute Gasteiger partial charge is 0.303 e. The van der Waals surface area contributed by atoms with Gasteiger partial charge in [-0.2, -0.15) is 0 Å². The van der Waals surface area contributed by atoms with Crippen LogP contribution in [0.3, 0.4) is 0 Å². The van der Waals surface area contributed by atoms with Crippen molar-refractivity contribution in [2.24, 2.45) is 11.8 Å². The second kappa shape index (κ2) is 7.80. The number of aliphatic hydroxyl groups is 2. The molecule has 1 heterocycles. The summed E-state index contributed by atoms with van der Waals surface area (Å²) in [7, 11) is 0. The van der Waals surface area contributed by atoms with Crippen LogP contribution in [0.25, 0.3) is 0 Å². The molecule has 0 unspecified atom stereocenters. The summed E-state index contributed by atoms with van der Waals surface area (Å²) in [5.41, 5.74) is 1.96. The summed E-state index contributed by atoms with van der Waals surface area (Å²) in [6.45, 7) is 4.05. The van der Waals surface area contributed by atoms with Crippen LogP contribution in [0.1, 0.15) is 50.2 Å². The molecule has 1 aliphatic heterocycles. The van der Waals surface area contributed by atoms with Crippen molar-refractivity contribution in [3.05, 3.63) is 41.5 Å². The summed E-state index contributed by atoms with van der Waals surface area (Å²) in [5.74, 6) is 0.0859. The largest absolute Gasteiger partial charge is 0.489 e. The Morgan fingerprint density at radius 3 is 2.88 bits per heavy atom. The maximum Gasteiger partial charge on any atom is 0.303 e. The minimum atomic E-state index is -0.823. The SMILES string of the molecule is CC[C@@H](C)[C@@H](O)/C=C/[C@@H]1[C@H]2c3cccc(CCC(=O)O)c3O[C@H]2C[C@H]1O. The molecule has 5 heteroatoms. The molecule has 1 aliphatic carbocycles. The molecule has 0 bridgehead atoms. The highest BCUT2D eigenvalue weighted by molar-refractivity contribution is 5.67. The number of hydrogen-bond acceptors (Lipinski definition) is 4. The molecule has 1 fully saturated rings. The third kappa shape index (κ3) is 3.64. The number of rotatable bonds is 7. The second-order valence-corrected chi connectivity index (χ2v) is 7.55. The zero-order chi connectivity index (χ0) is 18.8. The fourth-order valence-corrected chi connectivity index (χ4v) is 4.08. The molecule has 0 aromatic heterocycles. The Labute approximate surface area is 154 Å². The van der Waals surface area contributed by atoms with Gasteiger partial charge in [0, 0.05) is 30.2 Å². The number of para-hydroxylation sites is 1. The van der Waals surface area contributed by atoms with Gasteiger partial charge in [-0.3, -0.25) is 4.79 Å². The molecule has 0 saturated heterocycles. The van der Waals surface area contributed by atoms with Crippen LogP contribution >= 0.6 is 0 Å². The van der Waals surface area contributed by atoms with Gasteiger partial charge in [-0.25, -0.2) is 0 Å². The summed E-state index contributed by atoms with van der Waals surface area (Å²) in [6.07, 6.45) is 4.58. The van der Waals surface area contributed by atoms with Gasteiger partial charge in [0.05, 0.1) is 12.2 Å². The molecule has 1 aromatic carbocycles. The topological polar surface area (TPSA) is 87.0 Å². The summed E-state index contributed by atoms with van der Waals surface area (Å²) < 4.78 is 6.12. The molecule has 3 N–H and O–H groups in total. The van der Waals surface area contributed by atoms with Gasteiger partial charge in [-0.1, -0.05) is 50.6 Å². The van der Waals surface area contributed by atoms with E-state index < -0.39 is 18.2 Å². The number of aryl methyl sites for hydroxylation is 1. The molecule has 1 saturated carbocycles. The monoisotopic (exact) mass is 360 g/mol. The lowest BCUT2D eigenvalue weighted by atomic mass is 9.86. The van der Waals surface area contributed by atoms with Crippen LogP contribution in [0, 0.1) is 11.8 Å². The normalized spacial score (nSPS) is 29.2. The third-order valence-electron chi connectivity index (χ3n) is 5.85. The molecule has 3 rings (SSSR count). The predicted molar refractivity (Wildman–Crippen MR) is 98.3 cm³/mol. The van der Waals surface area contributed by atoms with Crippen molar-refractivity contribution in [3.8, 4) is 5.75 Å². The van der Waals surface area contributed by atoms with Gasteiger partial charge >= 0.3 is 5.97 Å². The van der Waals surface area contributed by atoms with Crippen molar-refractivity contribution < 1.29 is 24.9 Å². The van der Waals surface area contributed by atoms with Gasteiger partial charge in [0.1, 0.15) is 11.9 Å². The van der Waals surface area contributed by atoms with Crippen molar-refractivity contribution in [1.29, 1.82) is 0 Å². The Morgan fingerprint density at radius 1 is 1.42 bits per heavy atom. The predicted octanol–water partition coefficient (Wildman–Crippen LogP) is 2.89. The number of aliphatic carboxylic acids is 1. The molecule has 1 aromatic rings. The molecule has 0 spiro atoms. The first kappa shape index (κ1) is 18.9. The number of hydrogen-bond donors (Lipinski definition) is 3. The number of fused-ring (bicyclic) bond motifs is 3. The van der Waals surface area contributed by atoms with E-state index in [-0.39, 0.29) is 30.3 Å². The van der Waals surface area contributed by atoms with Gasteiger partial charge < -0.3 is 20.1 Å². The van der Waals surface area contributed by atoms with Crippen LogP contribution in [0.15, 0.2) is 30.4 Å². The fraction of sp³-hybridized carbons (Fsp3) is 0.571. The van der Waals surface area contributed by atoms with Gasteiger partial charge in [0.2, 0.25) is 0 Å². The molecular formula is C21H28O5. The van der Waals surface area contributed by atoms with E-state index >= 15 is 0 Å². The lowest BCUT2D eigenvalue weighted by Crippen LogP contribution is -2.19. The van der Waals surface area contributed by atoms with Crippen molar-refractivity contribution >= 4 is 5.97 Å². The molecule has 2 aliphatic rings. The maximum absolute atomic E-state index is 10.9. The number of carboxylic acids is 1. The molecule has 26 heavy (non-hydrogen) atoms. The Morgan fingerprint density at radius 2 is 2.19 bits per heavy atom. The summed E-state index contributed by atoms with van der Waals surface area (Å²) in [6, 6.07) is 5.85. The van der Waals surface area contributed by atoms with Crippen LogP contribution < -0.4 is 4.74 Å². The zero-order valence-electron chi connectivity index (χ0n) is 15.3. The molecule has 5 nitrogen and oxygen atoms in total. The standard InChI is InChI=1S/C21H28O5/c1-3-12(2)16(22)9-8-14-17(23)11-18-20(14)15-6-4-5-13(21(15)26-18)7-10-19(24)25/h4-6,8-9,12,14,16-18,20,22-23H,3,7,10-11H2,1-2H3,(H,24,25)/b9-8+/t12-,14+,16+,17-,18+,20+/m1/s1. The Kier molecular flexibility index (Phi) is 5.68. The van der Waals surface area contributed by atoms with Crippen molar-refractivity contribution in [1.82, 2.24) is 0 Å². The Hall–Kier alpha value is -1.85. The van der Waals surface area contributed by atoms with E-state index in [1.165, 1.54) is 0 Å². The summed E-state index contributed by atoms with van der Waals surface area (Å²) >= 11 is 0. The van der Waals surface area contributed by atoms with E-state index in [4.69, 9.17) is 9.84 Å². The average molecular weight is 360 g/mol. The van der Waals surface area contributed by atoms with Crippen LogP contribution in [0.5, 0.6) is 5.75 Å². The first-order valence-electron chi connectivity index (χ1n) is 9.47. The number of benzene rings is 1. The number of carboxylic acid groups (broad SMARTS) is 1. The second-order valence-electron chi connectivity index (χ2n) is 7.55. The van der Waals surface area contributed by atoms with Gasteiger partial charge in [-0.05, 0) is 17.9 Å². The van der Waals surface area contributed by atoms with Crippen LogP contribution in [-0.2, 0) is 11.2 Å². The van der Waals surface area contributed by atoms with Crippen LogP contribution in [0.4, 0.5) is 0 Å². The molecule has 0 radical (unpaired) electrons. The zero-order valence-corrected chi connectivity index (χ0v) is 15.3. The Balaban J connectivity index is 1.82. The maximum atomic E-state index is 10.9. The van der Waals surface area contributed by atoms with Gasteiger partial charge in [-0.15, -0.1) is 0 Å². The van der Waals surface area contributed by atoms with E-state index in [1.807, 2.05) is 38.1 Å². The number of ether oxygens (including phenoxy) is 1. The lowest BCUT2D eigenvalue weighted by Gasteiger charge is -2.19. The van der Waals surface area contributed by atoms with Gasteiger partial charge in [0.25, 0.3) is 0 Å². The first-order valence-corrected chi connectivity index (χ1v) is 9.47. The van der Waals surface area contributed by atoms with E-state index in [2.05, 4.69) is 0 Å². The highest BCUT2D eigenvalue weighted by Gasteiger charge is 2.48. The van der Waals surface area contributed by atoms with E-state index in [9.17, 15) is 15.0 Å². The quantitative estimate of drug-likeness (QED) is 0.651. The first-order chi connectivity index (χ1) is 12.4. The van der Waals surface area contributed by atoms with Crippen molar-refractivity contribution in [3.63, 3.8) is 0 Å². The minimum Gasteiger partial charge on any atom is -0.489 e. The highest BCUT2D eigenvalue weighted by atomic mass is 16.5. The average Bonchev–Trinajstić information content (AvgIpc) is 3.12. The lowest BCUT2D eigenvalue weighted by molar-refractivity contribution is -0.136. The number of aliphatic hydroxyl groups excluding tert-OH is 2. The number of carbonyl (C=O) groups is 1. The molecule has 6 atom stereocenters. The van der Waals surface area contributed by atoms with Gasteiger partial charge in [0.15, 0.2) is 0 Å². The van der Waals surface area contributed by atoms with Crippen molar-refractivity contribution in [2.75, 3.05) is 0 Å². The Bertz CT molecular complexity index is 683. The van der Waals surface area contributed by atoms with Crippen molar-refractivity contribution in [2.45, 2.75) is 63.8 Å². The van der Waals surface area contributed by atoms with Crippen LogP contribution in [-0.4, -0.2) is 39.6 Å². The third-order valence-corrected chi connectivity index (χ3v) is 5.85. The summed E-state index contributed by atoms with van der Waals surface area (Å²) in [5, 5.41) is 29.6. The molecule has 142 valence electrons. The van der Waals surface area contributed by atoms with E-state index in [0.717, 1.165) is 23.3 Å². The van der Waals surface area contributed by atoms with E-state index in [1.54, 1.807) is 6.08 Å².